The van der Waals surface area contributed by atoms with Crippen LogP contribution in [-0.2, 0) is 14.3 Å². The fraction of sp³-hybridized carbons (Fsp3) is 0.370. The quantitative estimate of drug-likeness (QED) is 0.398. The van der Waals surface area contributed by atoms with E-state index >= 15 is 0 Å². The van der Waals surface area contributed by atoms with Gasteiger partial charge in [0.2, 0.25) is 5.91 Å². The Balaban J connectivity index is 1.62. The van der Waals surface area contributed by atoms with Crippen LogP contribution < -0.4 is 10.6 Å². The van der Waals surface area contributed by atoms with Crippen LogP contribution in [0.4, 0.5) is 4.79 Å². The third kappa shape index (κ3) is 6.25. The summed E-state index contributed by atoms with van der Waals surface area (Å²) >= 11 is 0. The number of unbranched alkanes of at least 4 members (excludes halogenated alkanes) is 1. The fourth-order valence-corrected chi connectivity index (χ4v) is 4.37. The van der Waals surface area contributed by atoms with E-state index in [0.29, 0.717) is 6.42 Å². The Hall–Kier alpha value is -3.61. The normalized spacial score (nSPS) is 13.8. The summed E-state index contributed by atoms with van der Waals surface area (Å²) in [5.74, 6) is -1.51. The van der Waals surface area contributed by atoms with Crippen LogP contribution in [-0.4, -0.2) is 41.8 Å². The van der Waals surface area contributed by atoms with E-state index in [2.05, 4.69) is 29.3 Å². The lowest BCUT2D eigenvalue weighted by Gasteiger charge is -2.22. The number of carbonyl (C=O) groups excluding carboxylic acids is 2. The molecule has 0 fully saturated rings. The molecule has 1 aliphatic carbocycles. The second-order valence-electron chi connectivity index (χ2n) is 8.49. The first-order valence-electron chi connectivity index (χ1n) is 11.7. The highest BCUT2D eigenvalue weighted by Gasteiger charge is 2.30. The molecule has 3 rings (SSSR count). The highest BCUT2D eigenvalue weighted by molar-refractivity contribution is 5.86. The molecule has 0 heterocycles. The SMILES string of the molecule is C=CCC(NC(=O)OCC1c2ccccc2-c2ccccc21)C(=O)NC(CCCC)CC(=O)O. The Morgan fingerprint density at radius 3 is 2.24 bits per heavy atom. The average Bonchev–Trinajstić information content (AvgIpc) is 3.14. The minimum Gasteiger partial charge on any atom is -0.481 e. The van der Waals surface area contributed by atoms with E-state index in [9.17, 15) is 14.4 Å². The molecule has 2 aromatic carbocycles. The zero-order valence-electron chi connectivity index (χ0n) is 19.5. The number of carboxylic acids is 1. The van der Waals surface area contributed by atoms with Crippen molar-refractivity contribution in [3.8, 4) is 11.1 Å². The van der Waals surface area contributed by atoms with Crippen LogP contribution in [0.1, 0.15) is 56.1 Å². The first kappa shape index (κ1) is 25.0. The molecule has 7 nitrogen and oxygen atoms in total. The molecule has 0 saturated carbocycles. The molecule has 180 valence electrons. The van der Waals surface area contributed by atoms with E-state index in [1.165, 1.54) is 6.08 Å². The number of hydrogen-bond acceptors (Lipinski definition) is 4. The number of rotatable bonds is 12. The van der Waals surface area contributed by atoms with Crippen molar-refractivity contribution in [3.05, 3.63) is 72.3 Å². The first-order valence-corrected chi connectivity index (χ1v) is 11.7. The molecule has 3 N–H and O–H groups in total. The molecule has 2 amide bonds. The molecule has 0 bridgehead atoms. The van der Waals surface area contributed by atoms with E-state index in [4.69, 9.17) is 9.84 Å². The monoisotopic (exact) mass is 464 g/mol. The van der Waals surface area contributed by atoms with Gasteiger partial charge in [0.05, 0.1) is 6.42 Å². The molecular weight excluding hydrogens is 432 g/mol. The molecular formula is C27H32N2O5. The zero-order chi connectivity index (χ0) is 24.5. The van der Waals surface area contributed by atoms with Crippen LogP contribution in [0.15, 0.2) is 61.2 Å². The number of alkyl carbamates (subject to hydrolysis) is 1. The highest BCUT2D eigenvalue weighted by atomic mass is 16.5. The summed E-state index contributed by atoms with van der Waals surface area (Å²) in [6.45, 7) is 5.80. The van der Waals surface area contributed by atoms with Gasteiger partial charge in [-0.25, -0.2) is 4.79 Å². The summed E-state index contributed by atoms with van der Waals surface area (Å²) in [5, 5.41) is 14.5. The van der Waals surface area contributed by atoms with E-state index in [-0.39, 0.29) is 25.4 Å². The minimum absolute atomic E-state index is 0.0844. The number of nitrogens with one attached hydrogen (secondary N) is 2. The Kier molecular flexibility index (Phi) is 8.85. The molecule has 2 unspecified atom stereocenters. The van der Waals surface area contributed by atoms with E-state index < -0.39 is 30.1 Å². The maximum absolute atomic E-state index is 12.8. The van der Waals surface area contributed by atoms with Crippen LogP contribution >= 0.6 is 0 Å². The number of hydrogen-bond donors (Lipinski definition) is 3. The molecule has 0 aliphatic heterocycles. The third-order valence-electron chi connectivity index (χ3n) is 6.03. The second kappa shape index (κ2) is 12.0. The first-order chi connectivity index (χ1) is 16.4. The van der Waals surface area contributed by atoms with E-state index in [1.807, 2.05) is 43.3 Å². The summed E-state index contributed by atoms with van der Waals surface area (Å²) in [5.41, 5.74) is 4.47. The molecule has 7 heteroatoms. The maximum atomic E-state index is 12.8. The Morgan fingerprint density at radius 2 is 1.68 bits per heavy atom. The van der Waals surface area contributed by atoms with Crippen LogP contribution in [0.2, 0.25) is 0 Å². The van der Waals surface area contributed by atoms with Gasteiger partial charge in [0.1, 0.15) is 12.6 Å². The van der Waals surface area contributed by atoms with Crippen molar-refractivity contribution in [3.63, 3.8) is 0 Å². The van der Waals surface area contributed by atoms with Gasteiger partial charge in [-0.05, 0) is 35.1 Å². The lowest BCUT2D eigenvalue weighted by atomic mass is 9.98. The number of aliphatic carboxylic acids is 1. The van der Waals surface area contributed by atoms with Crippen LogP contribution in [0, 0.1) is 0 Å². The molecule has 0 radical (unpaired) electrons. The van der Waals surface area contributed by atoms with Gasteiger partial charge in [-0.2, -0.15) is 0 Å². The maximum Gasteiger partial charge on any atom is 0.407 e. The van der Waals surface area contributed by atoms with Gasteiger partial charge in [0.15, 0.2) is 0 Å². The number of benzene rings is 2. The van der Waals surface area contributed by atoms with Crippen molar-refractivity contribution in [2.45, 2.75) is 57.0 Å². The molecule has 1 aliphatic rings. The van der Waals surface area contributed by atoms with Crippen LogP contribution in [0.5, 0.6) is 0 Å². The van der Waals surface area contributed by atoms with Crippen molar-refractivity contribution in [2.75, 3.05) is 6.61 Å². The molecule has 2 aromatic rings. The summed E-state index contributed by atoms with van der Waals surface area (Å²) in [6.07, 6.45) is 3.10. The van der Waals surface area contributed by atoms with Crippen molar-refractivity contribution in [2.24, 2.45) is 0 Å². The number of amides is 2. The van der Waals surface area contributed by atoms with Gasteiger partial charge in [0.25, 0.3) is 0 Å². The van der Waals surface area contributed by atoms with E-state index in [0.717, 1.165) is 35.1 Å². The predicted octanol–water partition coefficient (Wildman–Crippen LogP) is 4.62. The highest BCUT2D eigenvalue weighted by Crippen LogP contribution is 2.44. The standard InChI is InChI=1S/C27H32N2O5/c1-3-5-11-18(16-25(30)31)28-26(32)24(10-4-2)29-27(33)34-17-23-21-14-8-6-12-19(21)20-13-7-9-15-22(20)23/h4,6-9,12-15,18,23-24H,2-3,5,10-11,16-17H2,1H3,(H,28,32)(H,29,33)(H,30,31). The van der Waals surface area contributed by atoms with Crippen LogP contribution in [0.25, 0.3) is 11.1 Å². The summed E-state index contributed by atoms with van der Waals surface area (Å²) in [7, 11) is 0. The summed E-state index contributed by atoms with van der Waals surface area (Å²) in [4.78, 5) is 36.6. The van der Waals surface area contributed by atoms with Crippen molar-refractivity contribution in [1.29, 1.82) is 0 Å². The van der Waals surface area contributed by atoms with Crippen molar-refractivity contribution < 1.29 is 24.2 Å². The zero-order valence-corrected chi connectivity index (χ0v) is 19.5. The average molecular weight is 465 g/mol. The summed E-state index contributed by atoms with van der Waals surface area (Å²) in [6, 6.07) is 14.7. The number of carbonyl (C=O) groups is 3. The molecule has 0 spiro atoms. The van der Waals surface area contributed by atoms with Crippen molar-refractivity contribution >= 4 is 18.0 Å². The lowest BCUT2D eigenvalue weighted by Crippen LogP contribution is -2.50. The molecule has 0 saturated heterocycles. The Morgan fingerprint density at radius 1 is 1.06 bits per heavy atom. The van der Waals surface area contributed by atoms with Gasteiger partial charge in [-0.1, -0.05) is 74.4 Å². The lowest BCUT2D eigenvalue weighted by molar-refractivity contribution is -0.137. The Labute approximate surface area is 200 Å². The van der Waals surface area contributed by atoms with Gasteiger partial charge >= 0.3 is 12.1 Å². The molecule has 34 heavy (non-hydrogen) atoms. The van der Waals surface area contributed by atoms with E-state index in [1.54, 1.807) is 0 Å². The topological polar surface area (TPSA) is 105 Å². The van der Waals surface area contributed by atoms with Gasteiger partial charge in [0, 0.05) is 12.0 Å². The molecule has 0 aromatic heterocycles. The summed E-state index contributed by atoms with van der Waals surface area (Å²) < 4.78 is 5.54. The Bertz CT molecular complexity index is 990. The minimum atomic E-state index is -0.980. The predicted molar refractivity (Wildman–Crippen MR) is 131 cm³/mol. The van der Waals surface area contributed by atoms with Crippen LogP contribution in [0.3, 0.4) is 0 Å². The molecule has 2 atom stereocenters. The van der Waals surface area contributed by atoms with Gasteiger partial charge < -0.3 is 20.5 Å². The largest absolute Gasteiger partial charge is 0.481 e. The second-order valence-corrected chi connectivity index (χ2v) is 8.49. The van der Waals surface area contributed by atoms with Gasteiger partial charge in [-0.15, -0.1) is 6.58 Å². The van der Waals surface area contributed by atoms with Crippen molar-refractivity contribution in [1.82, 2.24) is 10.6 Å². The fourth-order valence-electron chi connectivity index (χ4n) is 4.37. The number of carboxylic acid groups (broad SMARTS) is 1. The number of fused-ring (bicyclic) bond motifs is 3. The van der Waals surface area contributed by atoms with Gasteiger partial charge in [-0.3, -0.25) is 9.59 Å². The number of ether oxygens (including phenoxy) is 1. The third-order valence-corrected chi connectivity index (χ3v) is 6.03. The smallest absolute Gasteiger partial charge is 0.407 e.